The Morgan fingerprint density at radius 2 is 2.20 bits per heavy atom. The lowest BCUT2D eigenvalue weighted by atomic mass is 10.2. The van der Waals surface area contributed by atoms with Crippen molar-refractivity contribution >= 4 is 17.7 Å². The van der Waals surface area contributed by atoms with E-state index in [1.54, 1.807) is 0 Å². The van der Waals surface area contributed by atoms with Gasteiger partial charge in [0.25, 0.3) is 0 Å². The van der Waals surface area contributed by atoms with Gasteiger partial charge in [-0.2, -0.15) is 0 Å². The number of amides is 1. The topological polar surface area (TPSA) is 101 Å². The number of hydrogen-bond acceptors (Lipinski definition) is 5. The predicted molar refractivity (Wildman–Crippen MR) is 69.1 cm³/mol. The summed E-state index contributed by atoms with van der Waals surface area (Å²) in [7, 11) is 1.53. The largest absolute Gasteiger partial charge is 0.478 e. The van der Waals surface area contributed by atoms with Crippen LogP contribution in [0, 0.1) is 5.82 Å². The van der Waals surface area contributed by atoms with Gasteiger partial charge in [-0.3, -0.25) is 4.79 Å². The highest BCUT2D eigenvalue weighted by Gasteiger charge is 2.12. The van der Waals surface area contributed by atoms with Crippen molar-refractivity contribution in [1.82, 2.24) is 10.3 Å². The summed E-state index contributed by atoms with van der Waals surface area (Å²) in [6.07, 6.45) is 1.05. The summed E-state index contributed by atoms with van der Waals surface area (Å²) in [5, 5.41) is 14.2. The predicted octanol–water partition coefficient (Wildman–Crippen LogP) is 0.483. The van der Waals surface area contributed by atoms with Crippen LogP contribution in [0.3, 0.4) is 0 Å². The number of carbonyl (C=O) groups is 2. The van der Waals surface area contributed by atoms with Gasteiger partial charge in [0.1, 0.15) is 17.2 Å². The molecule has 0 aliphatic carbocycles. The van der Waals surface area contributed by atoms with E-state index in [2.05, 4.69) is 15.6 Å². The smallest absolute Gasteiger partial charge is 0.339 e. The van der Waals surface area contributed by atoms with Gasteiger partial charge < -0.3 is 20.5 Å². The summed E-state index contributed by atoms with van der Waals surface area (Å²) in [5.74, 6) is -2.19. The molecule has 1 rings (SSSR count). The third kappa shape index (κ3) is 5.19. The molecule has 1 aromatic heterocycles. The molecule has 0 radical (unpaired) electrons. The highest BCUT2D eigenvalue weighted by atomic mass is 19.1. The van der Waals surface area contributed by atoms with Crippen LogP contribution in [0.2, 0.25) is 0 Å². The molecule has 0 unspecified atom stereocenters. The first-order valence-electron chi connectivity index (χ1n) is 5.93. The number of halogens is 1. The molecule has 0 aromatic carbocycles. The first-order chi connectivity index (χ1) is 9.54. The highest BCUT2D eigenvalue weighted by molar-refractivity contribution is 5.93. The van der Waals surface area contributed by atoms with Gasteiger partial charge in [0.15, 0.2) is 0 Å². The first-order valence-corrected chi connectivity index (χ1v) is 5.93. The van der Waals surface area contributed by atoms with Crippen LogP contribution in [-0.2, 0) is 9.53 Å². The Labute approximate surface area is 115 Å². The molecule has 0 saturated heterocycles. The zero-order valence-electron chi connectivity index (χ0n) is 11.0. The van der Waals surface area contributed by atoms with Crippen LogP contribution in [-0.4, -0.2) is 48.8 Å². The van der Waals surface area contributed by atoms with Crippen LogP contribution in [0.5, 0.6) is 0 Å². The number of carbonyl (C=O) groups excluding carboxylic acids is 1. The number of rotatable bonds is 8. The van der Waals surface area contributed by atoms with Gasteiger partial charge in [0.2, 0.25) is 5.91 Å². The summed E-state index contributed by atoms with van der Waals surface area (Å²) in [4.78, 5) is 25.9. The number of carboxylic acids is 1. The van der Waals surface area contributed by atoms with E-state index in [-0.39, 0.29) is 30.3 Å². The number of ether oxygens (including phenoxy) is 1. The number of nitrogens with zero attached hydrogens (tertiary/aromatic N) is 1. The molecule has 1 amide bonds. The molecule has 110 valence electrons. The van der Waals surface area contributed by atoms with Gasteiger partial charge >= 0.3 is 5.97 Å². The summed E-state index contributed by atoms with van der Waals surface area (Å²) in [6.45, 7) is 1.02. The maximum absolute atomic E-state index is 12.9. The van der Waals surface area contributed by atoms with Crippen molar-refractivity contribution in [3.63, 3.8) is 0 Å². The summed E-state index contributed by atoms with van der Waals surface area (Å²) in [5.41, 5.74) is -0.273. The fraction of sp³-hybridized carbons (Fsp3) is 0.417. The molecule has 1 heterocycles. The van der Waals surface area contributed by atoms with Crippen molar-refractivity contribution in [3.8, 4) is 0 Å². The number of hydrogen-bond donors (Lipinski definition) is 3. The fourth-order valence-corrected chi connectivity index (χ4v) is 1.42. The Morgan fingerprint density at radius 1 is 1.45 bits per heavy atom. The maximum Gasteiger partial charge on any atom is 0.339 e. The fourth-order valence-electron chi connectivity index (χ4n) is 1.42. The molecule has 7 nitrogen and oxygen atoms in total. The second-order valence-corrected chi connectivity index (χ2v) is 3.87. The summed E-state index contributed by atoms with van der Waals surface area (Å²) >= 11 is 0. The molecule has 0 atom stereocenters. The standard InChI is InChI=1S/C12H16FN3O4/c1-20-5-4-14-10(17)2-3-15-11-9(12(18)19)6-8(13)7-16-11/h6-7H,2-5H2,1H3,(H,14,17)(H,15,16)(H,18,19). The number of nitrogens with one attached hydrogen (secondary N) is 2. The van der Waals surface area contributed by atoms with Gasteiger partial charge in [0.05, 0.1) is 12.8 Å². The van der Waals surface area contributed by atoms with Crippen molar-refractivity contribution in [1.29, 1.82) is 0 Å². The Kier molecular flexibility index (Phi) is 6.38. The number of aromatic nitrogens is 1. The quantitative estimate of drug-likeness (QED) is 0.601. The molecule has 0 aliphatic rings. The molecule has 8 heteroatoms. The molecule has 0 saturated carbocycles. The van der Waals surface area contributed by atoms with E-state index in [0.29, 0.717) is 13.2 Å². The molecular weight excluding hydrogens is 269 g/mol. The minimum absolute atomic E-state index is 0.0311. The van der Waals surface area contributed by atoms with E-state index >= 15 is 0 Å². The molecular formula is C12H16FN3O4. The normalized spacial score (nSPS) is 10.1. The second kappa shape index (κ2) is 8.05. The van der Waals surface area contributed by atoms with Crippen molar-refractivity contribution in [2.24, 2.45) is 0 Å². The molecule has 0 fully saturated rings. The summed E-state index contributed by atoms with van der Waals surface area (Å²) in [6, 6.07) is 0.871. The van der Waals surface area contributed by atoms with E-state index in [4.69, 9.17) is 9.84 Å². The first kappa shape index (κ1) is 15.8. The van der Waals surface area contributed by atoms with E-state index in [9.17, 15) is 14.0 Å². The Hall–Kier alpha value is -2.22. The molecule has 3 N–H and O–H groups in total. The number of anilines is 1. The highest BCUT2D eigenvalue weighted by Crippen LogP contribution is 2.13. The van der Waals surface area contributed by atoms with Crippen molar-refractivity contribution < 1.29 is 23.8 Å². The van der Waals surface area contributed by atoms with E-state index < -0.39 is 11.8 Å². The average Bonchev–Trinajstić information content (AvgIpc) is 2.40. The molecule has 20 heavy (non-hydrogen) atoms. The molecule has 0 bridgehead atoms. The molecule has 0 aliphatic heterocycles. The van der Waals surface area contributed by atoms with Crippen LogP contribution in [0.4, 0.5) is 10.2 Å². The zero-order valence-corrected chi connectivity index (χ0v) is 11.0. The summed E-state index contributed by atoms with van der Waals surface area (Å²) < 4.78 is 17.7. The van der Waals surface area contributed by atoms with Gasteiger partial charge in [-0.15, -0.1) is 0 Å². The number of carboxylic acid groups (broad SMARTS) is 1. The minimum Gasteiger partial charge on any atom is -0.478 e. The Balaban J connectivity index is 2.46. The van der Waals surface area contributed by atoms with Gasteiger partial charge in [0, 0.05) is 26.6 Å². The number of methoxy groups -OCH3 is 1. The van der Waals surface area contributed by atoms with E-state index in [1.807, 2.05) is 0 Å². The van der Waals surface area contributed by atoms with Gasteiger partial charge in [-0.05, 0) is 6.07 Å². The van der Waals surface area contributed by atoms with Crippen LogP contribution >= 0.6 is 0 Å². The van der Waals surface area contributed by atoms with E-state index in [0.717, 1.165) is 12.3 Å². The zero-order chi connectivity index (χ0) is 15.0. The number of pyridine rings is 1. The third-order valence-electron chi connectivity index (χ3n) is 2.36. The van der Waals surface area contributed by atoms with Crippen molar-refractivity contribution in [2.75, 3.05) is 32.1 Å². The number of aromatic carboxylic acids is 1. The lowest BCUT2D eigenvalue weighted by molar-refractivity contribution is -0.121. The molecule has 1 aromatic rings. The van der Waals surface area contributed by atoms with Crippen LogP contribution in [0.25, 0.3) is 0 Å². The van der Waals surface area contributed by atoms with E-state index in [1.165, 1.54) is 7.11 Å². The Bertz CT molecular complexity index is 482. The van der Waals surface area contributed by atoms with Crippen molar-refractivity contribution in [3.05, 3.63) is 23.6 Å². The Morgan fingerprint density at radius 3 is 2.85 bits per heavy atom. The monoisotopic (exact) mass is 285 g/mol. The lowest BCUT2D eigenvalue weighted by Gasteiger charge is -2.08. The minimum atomic E-state index is -1.29. The SMILES string of the molecule is COCCNC(=O)CCNc1ncc(F)cc1C(=O)O. The van der Waals surface area contributed by atoms with Crippen LogP contribution < -0.4 is 10.6 Å². The average molecular weight is 285 g/mol. The maximum atomic E-state index is 12.9. The van der Waals surface area contributed by atoms with Gasteiger partial charge in [-0.1, -0.05) is 0 Å². The third-order valence-corrected chi connectivity index (χ3v) is 2.36. The van der Waals surface area contributed by atoms with Crippen LogP contribution in [0.15, 0.2) is 12.3 Å². The second-order valence-electron chi connectivity index (χ2n) is 3.87. The van der Waals surface area contributed by atoms with Gasteiger partial charge in [-0.25, -0.2) is 14.2 Å². The van der Waals surface area contributed by atoms with Crippen molar-refractivity contribution in [2.45, 2.75) is 6.42 Å². The van der Waals surface area contributed by atoms with Crippen LogP contribution in [0.1, 0.15) is 16.8 Å². The lowest BCUT2D eigenvalue weighted by Crippen LogP contribution is -2.28. The molecule has 0 spiro atoms.